The van der Waals surface area contributed by atoms with Crippen molar-refractivity contribution in [2.45, 2.75) is 38.0 Å². The number of sulfonamides is 1. The van der Waals surface area contributed by atoms with Crippen LogP contribution in [0.15, 0.2) is 42.5 Å². The third kappa shape index (κ3) is 5.95. The molecule has 0 aromatic heterocycles. The van der Waals surface area contributed by atoms with Crippen molar-refractivity contribution in [2.75, 3.05) is 20.2 Å². The maximum atomic E-state index is 12.9. The van der Waals surface area contributed by atoms with E-state index < -0.39 is 10.0 Å². The Hall–Kier alpha value is -1.80. The van der Waals surface area contributed by atoms with Gasteiger partial charge in [0.25, 0.3) is 0 Å². The number of halogens is 2. The highest BCUT2D eigenvalue weighted by Gasteiger charge is 2.32. The molecule has 1 atom stereocenters. The summed E-state index contributed by atoms with van der Waals surface area (Å²) in [6.07, 6.45) is 1.70. The normalized spacial score (nSPS) is 16.5. The van der Waals surface area contributed by atoms with Crippen molar-refractivity contribution in [3.8, 4) is 5.75 Å². The van der Waals surface area contributed by atoms with Crippen LogP contribution in [-0.2, 0) is 20.6 Å². The van der Waals surface area contributed by atoms with Crippen LogP contribution < -0.4 is 10.1 Å². The third-order valence-electron chi connectivity index (χ3n) is 5.85. The van der Waals surface area contributed by atoms with Crippen molar-refractivity contribution in [1.82, 2.24) is 9.62 Å². The summed E-state index contributed by atoms with van der Waals surface area (Å²) in [5, 5.41) is 3.78. The van der Waals surface area contributed by atoms with Crippen molar-refractivity contribution in [3.63, 3.8) is 0 Å². The van der Waals surface area contributed by atoms with Gasteiger partial charge in [-0.25, -0.2) is 12.7 Å². The first-order valence-electron chi connectivity index (χ1n) is 10.6. The average molecular weight is 499 g/mol. The van der Waals surface area contributed by atoms with Crippen LogP contribution in [0.1, 0.15) is 43.4 Å². The molecule has 32 heavy (non-hydrogen) atoms. The van der Waals surface area contributed by atoms with E-state index in [-0.39, 0.29) is 23.6 Å². The zero-order valence-corrected chi connectivity index (χ0v) is 20.5. The number of hydrogen-bond acceptors (Lipinski definition) is 4. The lowest BCUT2D eigenvalue weighted by molar-refractivity contribution is -0.126. The fourth-order valence-electron chi connectivity index (χ4n) is 3.89. The fourth-order valence-corrected chi connectivity index (χ4v) is 6.20. The van der Waals surface area contributed by atoms with Crippen LogP contribution >= 0.6 is 23.2 Å². The van der Waals surface area contributed by atoms with E-state index in [4.69, 9.17) is 27.9 Å². The van der Waals surface area contributed by atoms with Crippen LogP contribution in [0.3, 0.4) is 0 Å². The van der Waals surface area contributed by atoms with E-state index in [1.54, 1.807) is 25.3 Å². The first kappa shape index (κ1) is 24.8. The summed E-state index contributed by atoms with van der Waals surface area (Å²) in [5.41, 5.74) is 1.42. The zero-order chi connectivity index (χ0) is 23.3. The highest BCUT2D eigenvalue weighted by molar-refractivity contribution is 7.88. The van der Waals surface area contributed by atoms with E-state index in [9.17, 15) is 13.2 Å². The van der Waals surface area contributed by atoms with Crippen LogP contribution in [0, 0.1) is 5.92 Å². The minimum atomic E-state index is -3.59. The number of carbonyl (C=O) groups is 1. The van der Waals surface area contributed by atoms with Gasteiger partial charge in [-0.15, -0.1) is 0 Å². The van der Waals surface area contributed by atoms with Crippen LogP contribution in [0.5, 0.6) is 5.75 Å². The van der Waals surface area contributed by atoms with Gasteiger partial charge in [-0.3, -0.25) is 4.79 Å². The molecule has 0 radical (unpaired) electrons. The monoisotopic (exact) mass is 498 g/mol. The molecule has 1 N–H and O–H groups in total. The van der Waals surface area contributed by atoms with E-state index in [0.29, 0.717) is 41.5 Å². The van der Waals surface area contributed by atoms with Crippen LogP contribution in [-0.4, -0.2) is 38.8 Å². The molecule has 1 heterocycles. The number of hydrogen-bond donors (Lipinski definition) is 1. The van der Waals surface area contributed by atoms with Gasteiger partial charge in [0.2, 0.25) is 15.9 Å². The standard InChI is InChI=1S/C23H28Cl2N2O4S/c1-3-22(16-7-9-18(31-2)10-8-16)26-23(28)17-11-13-27(14-12-17)32(29,30)15-19-20(24)5-4-6-21(19)25/h4-10,17,22H,3,11-15H2,1-2H3,(H,26,28)/t22-/m0/s1. The Bertz CT molecular complexity index is 1020. The van der Waals surface area contributed by atoms with Crippen molar-refractivity contribution in [2.24, 2.45) is 5.92 Å². The van der Waals surface area contributed by atoms with Crippen molar-refractivity contribution in [3.05, 3.63) is 63.6 Å². The second kappa shape index (κ2) is 10.9. The van der Waals surface area contributed by atoms with Gasteiger partial charge >= 0.3 is 0 Å². The summed E-state index contributed by atoms with van der Waals surface area (Å²) < 4.78 is 32.4. The summed E-state index contributed by atoms with van der Waals surface area (Å²) in [5.74, 6) is 0.246. The summed E-state index contributed by atoms with van der Waals surface area (Å²) in [6, 6.07) is 12.5. The second-order valence-corrected chi connectivity index (χ2v) is 10.7. The Morgan fingerprint density at radius 2 is 1.72 bits per heavy atom. The lowest BCUT2D eigenvalue weighted by Gasteiger charge is -2.31. The molecule has 1 fully saturated rings. The van der Waals surface area contributed by atoms with E-state index >= 15 is 0 Å². The van der Waals surface area contributed by atoms with Gasteiger partial charge in [-0.05, 0) is 49.1 Å². The van der Waals surface area contributed by atoms with Crippen LogP contribution in [0.2, 0.25) is 10.0 Å². The lowest BCUT2D eigenvalue weighted by atomic mass is 9.95. The van der Waals surface area contributed by atoms with Gasteiger partial charge in [0, 0.05) is 34.6 Å². The number of nitrogens with zero attached hydrogens (tertiary/aromatic N) is 1. The van der Waals surface area contributed by atoms with Gasteiger partial charge in [0.05, 0.1) is 18.9 Å². The summed E-state index contributed by atoms with van der Waals surface area (Å²) >= 11 is 12.3. The minimum absolute atomic E-state index is 0.0427. The molecule has 0 bridgehead atoms. The molecule has 6 nitrogen and oxygen atoms in total. The number of nitrogens with one attached hydrogen (secondary N) is 1. The molecule has 1 aliphatic heterocycles. The molecule has 3 rings (SSSR count). The number of methoxy groups -OCH3 is 1. The Morgan fingerprint density at radius 1 is 1.12 bits per heavy atom. The zero-order valence-electron chi connectivity index (χ0n) is 18.2. The molecule has 0 spiro atoms. The number of benzene rings is 2. The van der Waals surface area contributed by atoms with Crippen molar-refractivity contribution < 1.29 is 17.9 Å². The molecule has 1 saturated heterocycles. The summed E-state index contributed by atoms with van der Waals surface area (Å²) in [4.78, 5) is 12.9. The molecule has 1 amide bonds. The maximum Gasteiger partial charge on any atom is 0.223 e. The third-order valence-corrected chi connectivity index (χ3v) is 8.36. The maximum absolute atomic E-state index is 12.9. The number of piperidine rings is 1. The first-order valence-corrected chi connectivity index (χ1v) is 13.0. The average Bonchev–Trinajstić information content (AvgIpc) is 2.80. The number of rotatable bonds is 8. The predicted molar refractivity (Wildman–Crippen MR) is 128 cm³/mol. The van der Waals surface area contributed by atoms with Crippen molar-refractivity contribution >= 4 is 39.1 Å². The van der Waals surface area contributed by atoms with Gasteiger partial charge < -0.3 is 10.1 Å². The van der Waals surface area contributed by atoms with Gasteiger partial charge in [-0.2, -0.15) is 0 Å². The molecule has 2 aromatic rings. The second-order valence-electron chi connectivity index (χ2n) is 7.87. The fraction of sp³-hybridized carbons (Fsp3) is 0.435. The van der Waals surface area contributed by atoms with Gasteiger partial charge in [0.1, 0.15) is 5.75 Å². The van der Waals surface area contributed by atoms with E-state index in [1.807, 2.05) is 31.2 Å². The molecule has 0 unspecified atom stereocenters. The molecular weight excluding hydrogens is 471 g/mol. The summed E-state index contributed by atoms with van der Waals surface area (Å²) in [6.45, 7) is 2.61. The minimum Gasteiger partial charge on any atom is -0.497 e. The predicted octanol–water partition coefficient (Wildman–Crippen LogP) is 4.81. The Morgan fingerprint density at radius 3 is 2.25 bits per heavy atom. The number of amides is 1. The molecule has 0 saturated carbocycles. The van der Waals surface area contributed by atoms with Gasteiger partial charge in [0.15, 0.2) is 0 Å². The molecule has 1 aliphatic rings. The van der Waals surface area contributed by atoms with E-state index in [0.717, 1.165) is 17.7 Å². The van der Waals surface area contributed by atoms with Crippen molar-refractivity contribution in [1.29, 1.82) is 0 Å². The molecule has 9 heteroatoms. The summed E-state index contributed by atoms with van der Waals surface area (Å²) in [7, 11) is -1.97. The SMILES string of the molecule is CC[C@H](NC(=O)C1CCN(S(=O)(=O)Cc2c(Cl)cccc2Cl)CC1)c1ccc(OC)cc1. The molecular formula is C23H28Cl2N2O4S. The Kier molecular flexibility index (Phi) is 8.44. The highest BCUT2D eigenvalue weighted by Crippen LogP contribution is 2.29. The largest absolute Gasteiger partial charge is 0.497 e. The topological polar surface area (TPSA) is 75.7 Å². The smallest absolute Gasteiger partial charge is 0.223 e. The highest BCUT2D eigenvalue weighted by atomic mass is 35.5. The first-order chi connectivity index (χ1) is 15.2. The number of ether oxygens (including phenoxy) is 1. The van der Waals surface area contributed by atoms with Crippen LogP contribution in [0.25, 0.3) is 0 Å². The Balaban J connectivity index is 1.58. The molecule has 0 aliphatic carbocycles. The Labute approximate surface area is 199 Å². The lowest BCUT2D eigenvalue weighted by Crippen LogP contribution is -2.44. The number of carbonyl (C=O) groups excluding carboxylic acids is 1. The van der Waals surface area contributed by atoms with Crippen LogP contribution in [0.4, 0.5) is 0 Å². The van der Waals surface area contributed by atoms with Gasteiger partial charge in [-0.1, -0.05) is 48.3 Å². The molecule has 174 valence electrons. The van der Waals surface area contributed by atoms with E-state index in [1.165, 1.54) is 4.31 Å². The molecule has 2 aromatic carbocycles. The quantitative estimate of drug-likeness (QED) is 0.566. The van der Waals surface area contributed by atoms with E-state index in [2.05, 4.69) is 5.32 Å².